The molecule has 0 saturated heterocycles. The normalized spacial score (nSPS) is 12.2. The minimum absolute atomic E-state index is 0.194. The Morgan fingerprint density at radius 1 is 1.45 bits per heavy atom. The molecule has 0 saturated carbocycles. The number of furan rings is 1. The van der Waals surface area contributed by atoms with Crippen molar-refractivity contribution in [3.8, 4) is 0 Å². The van der Waals surface area contributed by atoms with Crippen LogP contribution in [-0.4, -0.2) is 22.5 Å². The second-order valence-electron chi connectivity index (χ2n) is 4.54. The van der Waals surface area contributed by atoms with E-state index in [0.717, 1.165) is 16.0 Å². The zero-order chi connectivity index (χ0) is 15.5. The van der Waals surface area contributed by atoms with Gasteiger partial charge in [0.15, 0.2) is 10.6 Å². The number of benzene rings is 1. The molecule has 1 aromatic carbocycles. The summed E-state index contributed by atoms with van der Waals surface area (Å²) in [5, 5.41) is 0. The Bertz CT molecular complexity index is 865. The summed E-state index contributed by atoms with van der Waals surface area (Å²) in [6, 6.07) is 7.82. The van der Waals surface area contributed by atoms with Crippen molar-refractivity contribution in [3.05, 3.63) is 53.0 Å². The molecule has 0 bridgehead atoms. The van der Waals surface area contributed by atoms with E-state index >= 15 is 0 Å². The van der Waals surface area contributed by atoms with Crippen LogP contribution in [0.5, 0.6) is 0 Å². The fourth-order valence-corrected chi connectivity index (χ4v) is 3.52. The Morgan fingerprint density at radius 3 is 3.05 bits per heavy atom. The van der Waals surface area contributed by atoms with E-state index in [4.69, 9.17) is 4.42 Å². The summed E-state index contributed by atoms with van der Waals surface area (Å²) in [7, 11) is 0. The molecule has 0 N–H and O–H groups in total. The molecule has 4 nitrogen and oxygen atoms in total. The Labute approximate surface area is 134 Å². The number of aromatic nitrogens is 1. The number of thioether (sulfide) groups is 1. The quantitative estimate of drug-likeness (QED) is 0.732. The number of rotatable bonds is 4. The van der Waals surface area contributed by atoms with Crippen molar-refractivity contribution >= 4 is 39.2 Å². The van der Waals surface area contributed by atoms with Gasteiger partial charge in [-0.2, -0.15) is 16.8 Å². The highest BCUT2D eigenvalue weighted by molar-refractivity contribution is 7.98. The van der Waals surface area contributed by atoms with E-state index < -0.39 is 5.91 Å². The molecule has 0 atom stereocenters. The van der Waals surface area contributed by atoms with Gasteiger partial charge in [-0.25, -0.2) is 4.39 Å². The standard InChI is InChI=1S/C15H13FN2O2S2/c1-21-8-6-18-11-5-4-10(16)9-13(11)22-15(18)17-14(19)12-3-2-7-20-12/h2-5,7,9H,6,8H2,1H3. The number of hydrogen-bond acceptors (Lipinski definition) is 4. The first kappa shape index (κ1) is 15.1. The first-order valence-corrected chi connectivity index (χ1v) is 8.80. The minimum atomic E-state index is -0.435. The summed E-state index contributed by atoms with van der Waals surface area (Å²) in [6.07, 6.45) is 3.45. The number of halogens is 1. The summed E-state index contributed by atoms with van der Waals surface area (Å²) in [4.78, 5) is 16.8. The third-order valence-electron chi connectivity index (χ3n) is 3.09. The molecule has 0 spiro atoms. The molecular weight excluding hydrogens is 323 g/mol. The number of fused-ring (bicyclic) bond motifs is 1. The molecule has 114 valence electrons. The van der Waals surface area contributed by atoms with Crippen LogP contribution in [0.15, 0.2) is 46.0 Å². The predicted molar refractivity (Wildman–Crippen MR) is 86.8 cm³/mol. The highest BCUT2D eigenvalue weighted by Gasteiger charge is 2.11. The van der Waals surface area contributed by atoms with Crippen LogP contribution >= 0.6 is 23.1 Å². The van der Waals surface area contributed by atoms with E-state index in [1.54, 1.807) is 30.0 Å². The number of aryl methyl sites for hydroxylation is 1. The summed E-state index contributed by atoms with van der Waals surface area (Å²) in [5.74, 6) is 0.343. The Hall–Kier alpha value is -1.86. The maximum Gasteiger partial charge on any atom is 0.315 e. The van der Waals surface area contributed by atoms with Gasteiger partial charge >= 0.3 is 5.91 Å². The van der Waals surface area contributed by atoms with Gasteiger partial charge in [0, 0.05) is 12.3 Å². The van der Waals surface area contributed by atoms with Crippen LogP contribution in [-0.2, 0) is 6.54 Å². The van der Waals surface area contributed by atoms with Gasteiger partial charge in [-0.05, 0) is 36.6 Å². The second kappa shape index (κ2) is 6.50. The summed E-state index contributed by atoms with van der Waals surface area (Å²) in [6.45, 7) is 0.705. The molecule has 0 radical (unpaired) electrons. The number of carbonyl (C=O) groups excluding carboxylic acids is 1. The van der Waals surface area contributed by atoms with Gasteiger partial charge < -0.3 is 8.98 Å². The number of amides is 1. The summed E-state index contributed by atoms with van der Waals surface area (Å²) < 4.78 is 21.2. The van der Waals surface area contributed by atoms with Crippen molar-refractivity contribution < 1.29 is 13.6 Å². The van der Waals surface area contributed by atoms with Crippen molar-refractivity contribution in [1.29, 1.82) is 0 Å². The van der Waals surface area contributed by atoms with Crippen LogP contribution < -0.4 is 4.80 Å². The molecule has 3 rings (SSSR count). The molecule has 1 amide bonds. The highest BCUT2D eigenvalue weighted by atomic mass is 32.2. The fraction of sp³-hybridized carbons (Fsp3) is 0.200. The lowest BCUT2D eigenvalue weighted by atomic mass is 10.3. The van der Waals surface area contributed by atoms with Crippen LogP contribution in [0.25, 0.3) is 10.2 Å². The maximum atomic E-state index is 13.4. The number of nitrogens with zero attached hydrogens (tertiary/aromatic N) is 2. The molecule has 22 heavy (non-hydrogen) atoms. The first-order chi connectivity index (χ1) is 10.7. The zero-order valence-corrected chi connectivity index (χ0v) is 13.4. The van der Waals surface area contributed by atoms with E-state index in [0.29, 0.717) is 11.3 Å². The SMILES string of the molecule is CSCCn1c(=NC(=O)c2ccco2)sc2cc(F)ccc21. The van der Waals surface area contributed by atoms with Crippen LogP contribution in [0.4, 0.5) is 4.39 Å². The van der Waals surface area contributed by atoms with Crippen LogP contribution in [0.2, 0.25) is 0 Å². The molecule has 3 aromatic rings. The summed E-state index contributed by atoms with van der Waals surface area (Å²) in [5.41, 5.74) is 0.881. The van der Waals surface area contributed by atoms with Crippen molar-refractivity contribution in [3.63, 3.8) is 0 Å². The van der Waals surface area contributed by atoms with E-state index in [1.807, 2.05) is 10.8 Å². The zero-order valence-electron chi connectivity index (χ0n) is 11.8. The van der Waals surface area contributed by atoms with Gasteiger partial charge in [-0.15, -0.1) is 0 Å². The number of carbonyl (C=O) groups is 1. The largest absolute Gasteiger partial charge is 0.459 e. The molecule has 0 fully saturated rings. The number of hydrogen-bond donors (Lipinski definition) is 0. The van der Waals surface area contributed by atoms with Gasteiger partial charge in [-0.1, -0.05) is 11.3 Å². The smallest absolute Gasteiger partial charge is 0.315 e. The van der Waals surface area contributed by atoms with Crippen LogP contribution in [0.3, 0.4) is 0 Å². The molecule has 0 aliphatic heterocycles. The van der Waals surface area contributed by atoms with Crippen molar-refractivity contribution in [2.75, 3.05) is 12.0 Å². The molecule has 7 heteroatoms. The Kier molecular flexibility index (Phi) is 4.44. The van der Waals surface area contributed by atoms with Crippen molar-refractivity contribution in [1.82, 2.24) is 4.57 Å². The molecule has 2 heterocycles. The lowest BCUT2D eigenvalue weighted by Crippen LogP contribution is -2.18. The topological polar surface area (TPSA) is 47.5 Å². The van der Waals surface area contributed by atoms with Gasteiger partial charge in [-0.3, -0.25) is 4.79 Å². The average molecular weight is 336 g/mol. The van der Waals surface area contributed by atoms with E-state index in [9.17, 15) is 9.18 Å². The number of thiazole rings is 1. The van der Waals surface area contributed by atoms with E-state index in [-0.39, 0.29) is 11.6 Å². The van der Waals surface area contributed by atoms with Crippen LogP contribution in [0, 0.1) is 5.82 Å². The first-order valence-electron chi connectivity index (χ1n) is 6.59. The molecule has 0 aliphatic rings. The van der Waals surface area contributed by atoms with E-state index in [2.05, 4.69) is 4.99 Å². The average Bonchev–Trinajstić information content (AvgIpc) is 3.12. The van der Waals surface area contributed by atoms with Crippen molar-refractivity contribution in [2.24, 2.45) is 4.99 Å². The third-order valence-corrected chi connectivity index (χ3v) is 4.72. The third kappa shape index (κ3) is 3.00. The summed E-state index contributed by atoms with van der Waals surface area (Å²) >= 11 is 3.00. The van der Waals surface area contributed by atoms with Gasteiger partial charge in [0.2, 0.25) is 0 Å². The molecule has 2 aromatic heterocycles. The fourth-order valence-electron chi connectivity index (χ4n) is 2.07. The minimum Gasteiger partial charge on any atom is -0.459 e. The second-order valence-corrected chi connectivity index (χ2v) is 6.53. The van der Waals surface area contributed by atoms with Crippen molar-refractivity contribution in [2.45, 2.75) is 6.54 Å². The monoisotopic (exact) mass is 336 g/mol. The molecular formula is C15H13FN2O2S2. The molecule has 0 unspecified atom stereocenters. The van der Waals surface area contributed by atoms with Gasteiger partial charge in [0.1, 0.15) is 5.82 Å². The van der Waals surface area contributed by atoms with Crippen LogP contribution in [0.1, 0.15) is 10.6 Å². The van der Waals surface area contributed by atoms with Gasteiger partial charge in [0.25, 0.3) is 0 Å². The Balaban J connectivity index is 2.12. The van der Waals surface area contributed by atoms with Gasteiger partial charge in [0.05, 0.1) is 16.5 Å². The predicted octanol–water partition coefficient (Wildman–Crippen LogP) is 3.54. The lowest BCUT2D eigenvalue weighted by molar-refractivity contribution is 0.0971. The Morgan fingerprint density at radius 2 is 2.32 bits per heavy atom. The van der Waals surface area contributed by atoms with E-state index in [1.165, 1.54) is 29.7 Å². The lowest BCUT2D eigenvalue weighted by Gasteiger charge is -2.03. The molecule has 0 aliphatic carbocycles. The highest BCUT2D eigenvalue weighted by Crippen LogP contribution is 2.19. The maximum absolute atomic E-state index is 13.4.